The summed E-state index contributed by atoms with van der Waals surface area (Å²) >= 11 is 1.58. The SMILES string of the molecule is COC[C@@H](C)Nc1nc(-c2oc3ccccc3c2C)cs1. The van der Waals surface area contributed by atoms with Crippen LogP contribution in [0.25, 0.3) is 22.4 Å². The first-order valence-corrected chi connectivity index (χ1v) is 7.76. The lowest BCUT2D eigenvalue weighted by Crippen LogP contribution is -2.20. The summed E-state index contributed by atoms with van der Waals surface area (Å²) in [6.07, 6.45) is 0. The molecule has 0 amide bonds. The maximum absolute atomic E-state index is 5.94. The van der Waals surface area contributed by atoms with Crippen LogP contribution in [0.4, 0.5) is 5.13 Å². The molecule has 0 spiro atoms. The van der Waals surface area contributed by atoms with Gasteiger partial charge in [-0.3, -0.25) is 0 Å². The molecule has 2 heterocycles. The number of para-hydroxylation sites is 1. The van der Waals surface area contributed by atoms with Crippen LogP contribution in [0.15, 0.2) is 34.1 Å². The van der Waals surface area contributed by atoms with Gasteiger partial charge in [-0.2, -0.15) is 0 Å². The molecule has 1 aromatic carbocycles. The zero-order valence-corrected chi connectivity index (χ0v) is 13.2. The molecule has 4 nitrogen and oxygen atoms in total. The molecule has 0 saturated carbocycles. The van der Waals surface area contributed by atoms with Gasteiger partial charge in [0.2, 0.25) is 0 Å². The van der Waals surface area contributed by atoms with E-state index < -0.39 is 0 Å². The molecule has 0 aliphatic carbocycles. The molecule has 110 valence electrons. The number of furan rings is 1. The third kappa shape index (κ3) is 2.80. The minimum Gasteiger partial charge on any atom is -0.454 e. The Kier molecular flexibility index (Phi) is 3.94. The fraction of sp³-hybridized carbons (Fsp3) is 0.312. The van der Waals surface area contributed by atoms with Crippen LogP contribution in [0, 0.1) is 6.92 Å². The van der Waals surface area contributed by atoms with Crippen LogP contribution in [0.3, 0.4) is 0 Å². The smallest absolute Gasteiger partial charge is 0.183 e. The number of hydrogen-bond acceptors (Lipinski definition) is 5. The van der Waals surface area contributed by atoms with Crippen molar-refractivity contribution in [2.75, 3.05) is 19.0 Å². The zero-order chi connectivity index (χ0) is 14.8. The fourth-order valence-electron chi connectivity index (χ4n) is 2.37. The van der Waals surface area contributed by atoms with Crippen LogP contribution in [0.5, 0.6) is 0 Å². The normalized spacial score (nSPS) is 12.7. The fourth-order valence-corrected chi connectivity index (χ4v) is 3.17. The van der Waals surface area contributed by atoms with Crippen molar-refractivity contribution in [3.05, 3.63) is 35.2 Å². The van der Waals surface area contributed by atoms with Gasteiger partial charge in [-0.15, -0.1) is 11.3 Å². The van der Waals surface area contributed by atoms with Crippen LogP contribution >= 0.6 is 11.3 Å². The molecule has 0 aliphatic heterocycles. The first-order valence-electron chi connectivity index (χ1n) is 6.88. The number of rotatable bonds is 5. The van der Waals surface area contributed by atoms with E-state index in [2.05, 4.69) is 30.2 Å². The van der Waals surface area contributed by atoms with Crippen molar-refractivity contribution in [3.8, 4) is 11.5 Å². The van der Waals surface area contributed by atoms with Crippen molar-refractivity contribution >= 4 is 27.4 Å². The summed E-state index contributed by atoms with van der Waals surface area (Å²) < 4.78 is 11.1. The maximum atomic E-state index is 5.94. The van der Waals surface area contributed by atoms with Crippen molar-refractivity contribution in [3.63, 3.8) is 0 Å². The number of fused-ring (bicyclic) bond motifs is 1. The Balaban J connectivity index is 1.89. The lowest BCUT2D eigenvalue weighted by molar-refractivity contribution is 0.190. The van der Waals surface area contributed by atoms with Crippen molar-refractivity contribution < 1.29 is 9.15 Å². The third-order valence-electron chi connectivity index (χ3n) is 3.37. The summed E-state index contributed by atoms with van der Waals surface area (Å²) in [7, 11) is 1.70. The molecule has 0 saturated heterocycles. The first-order chi connectivity index (χ1) is 10.2. The molecular weight excluding hydrogens is 284 g/mol. The number of aryl methyl sites for hydroxylation is 1. The van der Waals surface area contributed by atoms with Gasteiger partial charge in [0.05, 0.1) is 6.61 Å². The number of methoxy groups -OCH3 is 1. The molecule has 1 N–H and O–H groups in total. The predicted molar refractivity (Wildman–Crippen MR) is 87.0 cm³/mol. The second-order valence-corrected chi connectivity index (χ2v) is 5.95. The van der Waals surface area contributed by atoms with Gasteiger partial charge in [0.15, 0.2) is 10.9 Å². The van der Waals surface area contributed by atoms with Crippen molar-refractivity contribution in [2.24, 2.45) is 0 Å². The molecule has 2 aromatic heterocycles. The average molecular weight is 302 g/mol. The Morgan fingerprint density at radius 1 is 1.38 bits per heavy atom. The van der Waals surface area contributed by atoms with E-state index in [1.165, 1.54) is 0 Å². The molecule has 1 atom stereocenters. The van der Waals surface area contributed by atoms with Crippen molar-refractivity contribution in [1.29, 1.82) is 0 Å². The number of anilines is 1. The zero-order valence-electron chi connectivity index (χ0n) is 12.3. The molecule has 5 heteroatoms. The van der Waals surface area contributed by atoms with Gasteiger partial charge in [0.1, 0.15) is 11.3 Å². The standard InChI is InChI=1S/C16H18N2O2S/c1-10(8-19-3)17-16-18-13(9-21-16)15-11(2)12-6-4-5-7-14(12)20-15/h4-7,9-10H,8H2,1-3H3,(H,17,18)/t10-/m1/s1. The van der Waals surface area contributed by atoms with Crippen LogP contribution in [0.1, 0.15) is 12.5 Å². The Hall–Kier alpha value is -1.85. The highest BCUT2D eigenvalue weighted by Gasteiger charge is 2.15. The summed E-state index contributed by atoms with van der Waals surface area (Å²) in [4.78, 5) is 4.62. The van der Waals surface area contributed by atoms with Gasteiger partial charge in [-0.25, -0.2) is 4.98 Å². The molecule has 0 unspecified atom stereocenters. The van der Waals surface area contributed by atoms with Crippen LogP contribution < -0.4 is 5.32 Å². The van der Waals surface area contributed by atoms with E-state index in [1.54, 1.807) is 18.4 Å². The quantitative estimate of drug-likeness (QED) is 0.763. The molecule has 0 aliphatic rings. The molecule has 3 rings (SSSR count). The molecule has 21 heavy (non-hydrogen) atoms. The minimum atomic E-state index is 0.228. The highest BCUT2D eigenvalue weighted by molar-refractivity contribution is 7.14. The predicted octanol–water partition coefficient (Wildman–Crippen LogP) is 4.31. The van der Waals surface area contributed by atoms with Gasteiger partial charge in [0.25, 0.3) is 0 Å². The Labute approximate surface area is 127 Å². The van der Waals surface area contributed by atoms with Gasteiger partial charge < -0.3 is 14.5 Å². The number of nitrogens with zero attached hydrogens (tertiary/aromatic N) is 1. The second kappa shape index (κ2) is 5.87. The number of aromatic nitrogens is 1. The van der Waals surface area contributed by atoms with E-state index in [0.29, 0.717) is 6.61 Å². The third-order valence-corrected chi connectivity index (χ3v) is 4.14. The van der Waals surface area contributed by atoms with Crippen LogP contribution in [-0.2, 0) is 4.74 Å². The van der Waals surface area contributed by atoms with E-state index in [-0.39, 0.29) is 6.04 Å². The number of benzene rings is 1. The molecule has 0 radical (unpaired) electrons. The largest absolute Gasteiger partial charge is 0.454 e. The Bertz CT molecular complexity index is 748. The molecule has 0 bridgehead atoms. The van der Waals surface area contributed by atoms with Crippen LogP contribution in [0.2, 0.25) is 0 Å². The van der Waals surface area contributed by atoms with Gasteiger partial charge in [-0.1, -0.05) is 18.2 Å². The van der Waals surface area contributed by atoms with Crippen LogP contribution in [-0.4, -0.2) is 24.7 Å². The Morgan fingerprint density at radius 2 is 2.19 bits per heavy atom. The maximum Gasteiger partial charge on any atom is 0.183 e. The van der Waals surface area contributed by atoms with E-state index in [9.17, 15) is 0 Å². The highest BCUT2D eigenvalue weighted by Crippen LogP contribution is 2.34. The average Bonchev–Trinajstić information content (AvgIpc) is 3.05. The summed E-state index contributed by atoms with van der Waals surface area (Å²) in [5.74, 6) is 0.847. The number of hydrogen-bond donors (Lipinski definition) is 1. The number of thiazole rings is 1. The lowest BCUT2D eigenvalue weighted by Gasteiger charge is -2.10. The number of nitrogens with one attached hydrogen (secondary N) is 1. The molecule has 0 fully saturated rings. The summed E-state index contributed by atoms with van der Waals surface area (Å²) in [5, 5.41) is 7.37. The highest BCUT2D eigenvalue weighted by atomic mass is 32.1. The van der Waals surface area contributed by atoms with Crippen molar-refractivity contribution in [2.45, 2.75) is 19.9 Å². The molecular formula is C16H18N2O2S. The summed E-state index contributed by atoms with van der Waals surface area (Å²) in [5.41, 5.74) is 2.91. The van der Waals surface area contributed by atoms with Gasteiger partial charge in [0, 0.05) is 29.5 Å². The van der Waals surface area contributed by atoms with E-state index in [0.717, 1.165) is 33.1 Å². The summed E-state index contributed by atoms with van der Waals surface area (Å²) in [6, 6.07) is 8.29. The van der Waals surface area contributed by atoms with E-state index in [1.807, 2.05) is 23.6 Å². The number of ether oxygens (including phenoxy) is 1. The van der Waals surface area contributed by atoms with E-state index in [4.69, 9.17) is 9.15 Å². The van der Waals surface area contributed by atoms with Gasteiger partial charge in [-0.05, 0) is 19.9 Å². The Morgan fingerprint density at radius 3 is 2.95 bits per heavy atom. The van der Waals surface area contributed by atoms with Gasteiger partial charge >= 0.3 is 0 Å². The lowest BCUT2D eigenvalue weighted by atomic mass is 10.1. The first kappa shape index (κ1) is 14.1. The topological polar surface area (TPSA) is 47.3 Å². The van der Waals surface area contributed by atoms with E-state index >= 15 is 0 Å². The summed E-state index contributed by atoms with van der Waals surface area (Å²) in [6.45, 7) is 4.79. The second-order valence-electron chi connectivity index (χ2n) is 5.09. The monoisotopic (exact) mass is 302 g/mol. The minimum absolute atomic E-state index is 0.228. The van der Waals surface area contributed by atoms with Crippen molar-refractivity contribution in [1.82, 2.24) is 4.98 Å². The molecule has 3 aromatic rings.